The summed E-state index contributed by atoms with van der Waals surface area (Å²) in [7, 11) is -1.70. The quantitative estimate of drug-likeness (QED) is 0.878. The Morgan fingerprint density at radius 2 is 1.65 bits per heavy atom. The van der Waals surface area contributed by atoms with Crippen LogP contribution in [0.3, 0.4) is 0 Å². The Hall–Kier alpha value is -2.20. The summed E-state index contributed by atoms with van der Waals surface area (Å²) in [6.45, 7) is 1.92. The smallest absolute Gasteiger partial charge is 0.345 e. The summed E-state index contributed by atoms with van der Waals surface area (Å²) in [6.07, 6.45) is 1.44. The van der Waals surface area contributed by atoms with Gasteiger partial charge in [-0.05, 0) is 30.7 Å². The first-order valence-corrected chi connectivity index (χ1v) is 7.21. The Labute approximate surface area is 120 Å². The van der Waals surface area contributed by atoms with Crippen molar-refractivity contribution in [1.82, 2.24) is 0 Å². The number of aryl methyl sites for hydroxylation is 1. The van der Waals surface area contributed by atoms with E-state index in [0.717, 1.165) is 5.56 Å². The first-order valence-electron chi connectivity index (χ1n) is 6.06. The van der Waals surface area contributed by atoms with Gasteiger partial charge in [-0.3, -0.25) is 0 Å². The van der Waals surface area contributed by atoms with Gasteiger partial charge in [0.25, 0.3) is 0 Å². The van der Waals surface area contributed by atoms with E-state index in [1.807, 2.05) is 25.1 Å². The second-order valence-corrected chi connectivity index (χ2v) is 5.75. The molecule has 0 heterocycles. The van der Waals surface area contributed by atoms with Crippen molar-refractivity contribution in [2.45, 2.75) is 11.8 Å². The second kappa shape index (κ2) is 6.30. The van der Waals surface area contributed by atoms with Gasteiger partial charge in [0.05, 0.1) is 10.8 Å². The van der Waals surface area contributed by atoms with Crippen LogP contribution in [0.4, 0.5) is 0 Å². The van der Waals surface area contributed by atoms with Crippen LogP contribution >= 0.6 is 0 Å². The third-order valence-corrected chi connectivity index (χ3v) is 4.14. The molecule has 0 saturated heterocycles. The summed E-state index contributed by atoms with van der Waals surface area (Å²) in [4.78, 5) is 11.7. The summed E-state index contributed by atoms with van der Waals surface area (Å²) >= 11 is 0. The van der Waals surface area contributed by atoms with Crippen LogP contribution in [-0.2, 0) is 15.6 Å². The highest BCUT2D eigenvalue weighted by atomic mass is 32.2. The van der Waals surface area contributed by atoms with Gasteiger partial charge in [0.2, 0.25) is 0 Å². The predicted octanol–water partition coefficient (Wildman–Crippen LogP) is 3.23. The van der Waals surface area contributed by atoms with Crippen LogP contribution in [0.5, 0.6) is 0 Å². The lowest BCUT2D eigenvalue weighted by molar-refractivity contribution is -0.131. The van der Waals surface area contributed by atoms with Crippen molar-refractivity contribution in [2.75, 3.05) is 0 Å². The second-order valence-electron chi connectivity index (χ2n) is 4.31. The largest absolute Gasteiger partial charge is 0.477 e. The molecule has 1 N–H and O–H groups in total. The first kappa shape index (κ1) is 14.2. The summed E-state index contributed by atoms with van der Waals surface area (Å²) in [6, 6.07) is 16.0. The zero-order valence-corrected chi connectivity index (χ0v) is 11.8. The Bertz CT molecular complexity index is 658. The lowest BCUT2D eigenvalue weighted by Crippen LogP contribution is -2.07. The van der Waals surface area contributed by atoms with Crippen molar-refractivity contribution in [1.29, 1.82) is 0 Å². The number of benzene rings is 2. The SMILES string of the molecule is Cc1ccc(S(=O)/C(=C\c2ccccc2)C(=O)O)cc1. The standard InChI is InChI=1S/C16H14O3S/c1-12-7-9-14(10-8-12)20(19)15(16(17)18)11-13-5-3-2-4-6-13/h2-11H,1H3,(H,17,18)/b15-11-. The van der Waals surface area contributed by atoms with Crippen LogP contribution < -0.4 is 0 Å². The van der Waals surface area contributed by atoms with Crippen molar-refractivity contribution >= 4 is 22.8 Å². The topological polar surface area (TPSA) is 54.4 Å². The van der Waals surface area contributed by atoms with Crippen LogP contribution in [0, 0.1) is 6.92 Å². The molecule has 0 aromatic heterocycles. The van der Waals surface area contributed by atoms with Gasteiger partial charge >= 0.3 is 5.97 Å². The maximum Gasteiger partial charge on any atom is 0.345 e. The van der Waals surface area contributed by atoms with Crippen molar-refractivity contribution in [3.8, 4) is 0 Å². The van der Waals surface area contributed by atoms with E-state index >= 15 is 0 Å². The summed E-state index contributed by atoms with van der Waals surface area (Å²) in [5.74, 6) is -1.17. The summed E-state index contributed by atoms with van der Waals surface area (Å²) in [5.41, 5.74) is 1.75. The fraction of sp³-hybridized carbons (Fsp3) is 0.0625. The molecule has 0 radical (unpaired) electrons. The van der Waals surface area contributed by atoms with Crippen molar-refractivity contribution < 1.29 is 14.1 Å². The maximum absolute atomic E-state index is 12.4. The van der Waals surface area contributed by atoms with E-state index in [1.54, 1.807) is 36.4 Å². The Balaban J connectivity index is 2.39. The van der Waals surface area contributed by atoms with E-state index < -0.39 is 16.8 Å². The zero-order chi connectivity index (χ0) is 14.5. The molecule has 2 aromatic rings. The molecule has 0 aliphatic carbocycles. The van der Waals surface area contributed by atoms with E-state index in [2.05, 4.69) is 0 Å². The molecule has 2 aromatic carbocycles. The summed E-state index contributed by atoms with van der Waals surface area (Å²) in [5, 5.41) is 9.26. The Kier molecular flexibility index (Phi) is 4.48. The normalized spacial score (nSPS) is 12.9. The molecule has 1 atom stereocenters. The maximum atomic E-state index is 12.4. The number of rotatable bonds is 4. The average molecular weight is 286 g/mol. The minimum Gasteiger partial charge on any atom is -0.477 e. The Morgan fingerprint density at radius 3 is 2.20 bits per heavy atom. The molecule has 102 valence electrons. The van der Waals surface area contributed by atoms with Gasteiger partial charge in [-0.2, -0.15) is 0 Å². The number of hydrogen-bond acceptors (Lipinski definition) is 2. The average Bonchev–Trinajstić information content (AvgIpc) is 2.45. The van der Waals surface area contributed by atoms with Gasteiger partial charge in [-0.25, -0.2) is 9.00 Å². The third kappa shape index (κ3) is 3.42. The molecule has 0 spiro atoms. The fourth-order valence-electron chi connectivity index (χ4n) is 1.68. The molecule has 0 aliphatic rings. The number of aliphatic carboxylic acids is 1. The highest BCUT2D eigenvalue weighted by Gasteiger charge is 2.17. The lowest BCUT2D eigenvalue weighted by atomic mass is 10.2. The van der Waals surface area contributed by atoms with Gasteiger partial charge in [0, 0.05) is 4.90 Å². The molecule has 2 rings (SSSR count). The minimum absolute atomic E-state index is 0.125. The van der Waals surface area contributed by atoms with E-state index in [0.29, 0.717) is 10.5 Å². The molecule has 4 heteroatoms. The van der Waals surface area contributed by atoms with Crippen LogP contribution in [0.2, 0.25) is 0 Å². The minimum atomic E-state index is -1.70. The van der Waals surface area contributed by atoms with E-state index in [-0.39, 0.29) is 4.91 Å². The van der Waals surface area contributed by atoms with Crippen LogP contribution in [0.25, 0.3) is 6.08 Å². The molecule has 1 unspecified atom stereocenters. The monoisotopic (exact) mass is 286 g/mol. The lowest BCUT2D eigenvalue weighted by Gasteiger charge is -2.04. The summed E-state index contributed by atoms with van der Waals surface area (Å²) < 4.78 is 12.4. The molecule has 0 amide bonds. The van der Waals surface area contributed by atoms with E-state index in [4.69, 9.17) is 0 Å². The van der Waals surface area contributed by atoms with Crippen LogP contribution in [0.1, 0.15) is 11.1 Å². The molecular weight excluding hydrogens is 272 g/mol. The van der Waals surface area contributed by atoms with Crippen molar-refractivity contribution in [3.05, 3.63) is 70.6 Å². The molecular formula is C16H14O3S. The fourth-order valence-corrected chi connectivity index (χ4v) is 2.72. The highest BCUT2D eigenvalue weighted by Crippen LogP contribution is 2.18. The van der Waals surface area contributed by atoms with Gasteiger partial charge in [0.1, 0.15) is 4.91 Å². The van der Waals surface area contributed by atoms with Crippen LogP contribution in [0.15, 0.2) is 64.4 Å². The molecule has 20 heavy (non-hydrogen) atoms. The number of carboxylic acid groups (broad SMARTS) is 1. The molecule has 0 saturated carbocycles. The molecule has 0 fully saturated rings. The van der Waals surface area contributed by atoms with Gasteiger partial charge in [0.15, 0.2) is 0 Å². The van der Waals surface area contributed by atoms with Crippen LogP contribution in [-0.4, -0.2) is 15.3 Å². The van der Waals surface area contributed by atoms with Gasteiger partial charge < -0.3 is 5.11 Å². The van der Waals surface area contributed by atoms with Gasteiger partial charge in [-0.1, -0.05) is 48.0 Å². The number of carbonyl (C=O) groups is 1. The molecule has 3 nitrogen and oxygen atoms in total. The third-order valence-electron chi connectivity index (χ3n) is 2.74. The van der Waals surface area contributed by atoms with Gasteiger partial charge in [-0.15, -0.1) is 0 Å². The molecule has 0 bridgehead atoms. The zero-order valence-electron chi connectivity index (χ0n) is 10.9. The highest BCUT2D eigenvalue weighted by molar-refractivity contribution is 7.90. The predicted molar refractivity (Wildman–Crippen MR) is 79.6 cm³/mol. The number of hydrogen-bond donors (Lipinski definition) is 1. The van der Waals surface area contributed by atoms with E-state index in [9.17, 15) is 14.1 Å². The first-order chi connectivity index (χ1) is 9.58. The number of carboxylic acids is 1. The van der Waals surface area contributed by atoms with Crippen molar-refractivity contribution in [3.63, 3.8) is 0 Å². The molecule has 0 aliphatic heterocycles. The van der Waals surface area contributed by atoms with E-state index in [1.165, 1.54) is 6.08 Å². The van der Waals surface area contributed by atoms with Crippen molar-refractivity contribution in [2.24, 2.45) is 0 Å². The Morgan fingerprint density at radius 1 is 1.05 bits per heavy atom.